The lowest BCUT2D eigenvalue weighted by atomic mass is 10.1. The monoisotopic (exact) mass is 349 g/mol. The smallest absolute Gasteiger partial charge is 0.127 e. The van der Waals surface area contributed by atoms with E-state index in [0.717, 1.165) is 28.3 Å². The summed E-state index contributed by atoms with van der Waals surface area (Å²) in [6.07, 6.45) is 0. The zero-order chi connectivity index (χ0) is 18.8. The molecule has 0 amide bonds. The van der Waals surface area contributed by atoms with Crippen LogP contribution in [0.1, 0.15) is 11.1 Å². The van der Waals surface area contributed by atoms with Gasteiger partial charge in [-0.05, 0) is 54.1 Å². The lowest BCUT2D eigenvalue weighted by molar-refractivity contribution is 0.482. The van der Waals surface area contributed by atoms with Crippen LogP contribution in [0.5, 0.6) is 11.5 Å². The van der Waals surface area contributed by atoms with Crippen molar-refractivity contribution in [2.24, 2.45) is 17.4 Å². The number of ether oxygens (including phenoxy) is 1. The van der Waals surface area contributed by atoms with Gasteiger partial charge >= 0.3 is 0 Å². The Balaban J connectivity index is 0.00000117. The Morgan fingerprint density at radius 1 is 0.808 bits per heavy atom. The number of nitrogens with one attached hydrogen (secondary N) is 2. The average molecular weight is 349 g/mol. The molecule has 0 aliphatic heterocycles. The van der Waals surface area contributed by atoms with Crippen molar-refractivity contribution in [3.8, 4) is 11.5 Å². The van der Waals surface area contributed by atoms with Gasteiger partial charge in [0.15, 0.2) is 0 Å². The highest BCUT2D eigenvalue weighted by atomic mass is 16.5. The van der Waals surface area contributed by atoms with Gasteiger partial charge in [0.25, 0.3) is 0 Å². The quantitative estimate of drug-likeness (QED) is 0.202. The number of hydrogen-bond donors (Lipinski definition) is 5. The van der Waals surface area contributed by atoms with Crippen molar-refractivity contribution in [3.63, 3.8) is 0 Å². The van der Waals surface area contributed by atoms with Crippen LogP contribution in [0.4, 0.5) is 5.69 Å². The van der Waals surface area contributed by atoms with Crippen molar-refractivity contribution in [1.29, 1.82) is 5.41 Å². The standard InChI is InChI=1S/C20H19N3O.H4N2/c21-20(22)16-8-10-17(11-9-16)23-14-15-6-12-19(13-7-15)24-18-4-2-1-3-5-18;1-2/h1-13,23H,14H2,(H3,21,22);1-2H2. The summed E-state index contributed by atoms with van der Waals surface area (Å²) in [5.41, 5.74) is 8.32. The molecule has 3 aromatic carbocycles. The highest BCUT2D eigenvalue weighted by Gasteiger charge is 1.99. The van der Waals surface area contributed by atoms with E-state index in [9.17, 15) is 0 Å². The second-order valence-electron chi connectivity index (χ2n) is 5.40. The predicted molar refractivity (Wildman–Crippen MR) is 106 cm³/mol. The van der Waals surface area contributed by atoms with E-state index in [1.165, 1.54) is 0 Å². The Morgan fingerprint density at radius 3 is 1.96 bits per heavy atom. The Kier molecular flexibility index (Phi) is 7.17. The molecule has 3 rings (SSSR count). The largest absolute Gasteiger partial charge is 0.457 e. The molecule has 6 heteroatoms. The van der Waals surface area contributed by atoms with Gasteiger partial charge in [-0.1, -0.05) is 30.3 Å². The van der Waals surface area contributed by atoms with Crippen LogP contribution in [0.25, 0.3) is 0 Å². The van der Waals surface area contributed by atoms with Gasteiger partial charge in [-0.15, -0.1) is 0 Å². The highest BCUT2D eigenvalue weighted by molar-refractivity contribution is 5.95. The molecule has 8 N–H and O–H groups in total. The van der Waals surface area contributed by atoms with E-state index in [-0.39, 0.29) is 5.84 Å². The maximum Gasteiger partial charge on any atom is 0.127 e. The lowest BCUT2D eigenvalue weighted by Gasteiger charge is -2.09. The zero-order valence-electron chi connectivity index (χ0n) is 14.4. The maximum atomic E-state index is 7.39. The van der Waals surface area contributed by atoms with Crippen LogP contribution in [-0.2, 0) is 6.54 Å². The molecule has 6 nitrogen and oxygen atoms in total. The van der Waals surface area contributed by atoms with Crippen LogP contribution < -0.4 is 27.5 Å². The Labute approximate surface area is 153 Å². The summed E-state index contributed by atoms with van der Waals surface area (Å²) in [5.74, 6) is 9.72. The molecule has 0 heterocycles. The van der Waals surface area contributed by atoms with Gasteiger partial charge in [-0.2, -0.15) is 0 Å². The number of benzene rings is 3. The summed E-state index contributed by atoms with van der Waals surface area (Å²) < 4.78 is 5.78. The molecule has 0 bridgehead atoms. The summed E-state index contributed by atoms with van der Waals surface area (Å²) in [6, 6.07) is 25.2. The molecule has 3 aromatic rings. The fraction of sp³-hybridized carbons (Fsp3) is 0.0500. The molecule has 134 valence electrons. The topological polar surface area (TPSA) is 123 Å². The van der Waals surface area contributed by atoms with E-state index in [1.807, 2.05) is 78.9 Å². The van der Waals surface area contributed by atoms with Crippen molar-refractivity contribution in [1.82, 2.24) is 0 Å². The summed E-state index contributed by atoms with van der Waals surface area (Å²) >= 11 is 0. The molecule has 0 radical (unpaired) electrons. The number of amidine groups is 1. The molecule has 0 saturated heterocycles. The van der Waals surface area contributed by atoms with Crippen molar-refractivity contribution in [2.45, 2.75) is 6.54 Å². The van der Waals surface area contributed by atoms with Gasteiger partial charge in [0.1, 0.15) is 17.3 Å². The zero-order valence-corrected chi connectivity index (χ0v) is 14.4. The number of nitrogen functional groups attached to an aromatic ring is 1. The van der Waals surface area contributed by atoms with Crippen LogP contribution in [0.2, 0.25) is 0 Å². The molecule has 0 fully saturated rings. The molecule has 0 aliphatic rings. The first kappa shape index (κ1) is 19.0. The summed E-state index contributed by atoms with van der Waals surface area (Å²) in [6.45, 7) is 0.713. The molecule has 0 aliphatic carbocycles. The van der Waals surface area contributed by atoms with Crippen LogP contribution in [0, 0.1) is 5.41 Å². The number of para-hydroxylation sites is 1. The third-order valence-electron chi connectivity index (χ3n) is 3.59. The maximum absolute atomic E-state index is 7.39. The van der Waals surface area contributed by atoms with E-state index in [0.29, 0.717) is 6.54 Å². The number of nitrogens with two attached hydrogens (primary N) is 3. The van der Waals surface area contributed by atoms with E-state index >= 15 is 0 Å². The van der Waals surface area contributed by atoms with Gasteiger partial charge in [-0.25, -0.2) is 0 Å². The average Bonchev–Trinajstić information content (AvgIpc) is 2.70. The SMILES string of the molecule is N=C(N)c1ccc(NCc2ccc(Oc3ccccc3)cc2)cc1.NN. The Bertz CT molecular complexity index is 802. The van der Waals surface area contributed by atoms with E-state index in [2.05, 4.69) is 17.0 Å². The third-order valence-corrected chi connectivity index (χ3v) is 3.59. The Morgan fingerprint density at radius 2 is 1.38 bits per heavy atom. The highest BCUT2D eigenvalue weighted by Crippen LogP contribution is 2.21. The minimum absolute atomic E-state index is 0.0792. The second-order valence-corrected chi connectivity index (χ2v) is 5.40. The molecular formula is C20H23N5O. The van der Waals surface area contributed by atoms with Crippen molar-refractivity contribution in [3.05, 3.63) is 90.0 Å². The number of hydrogen-bond acceptors (Lipinski definition) is 5. The first-order valence-corrected chi connectivity index (χ1v) is 8.04. The fourth-order valence-corrected chi connectivity index (χ4v) is 2.27. The normalized spacial score (nSPS) is 9.62. The number of rotatable bonds is 6. The van der Waals surface area contributed by atoms with E-state index in [1.54, 1.807) is 0 Å². The van der Waals surface area contributed by atoms with Gasteiger partial charge in [0, 0.05) is 17.8 Å². The first-order valence-electron chi connectivity index (χ1n) is 8.04. The van der Waals surface area contributed by atoms with Crippen LogP contribution in [0.15, 0.2) is 78.9 Å². The molecule has 0 atom stereocenters. The summed E-state index contributed by atoms with van der Waals surface area (Å²) in [4.78, 5) is 0. The van der Waals surface area contributed by atoms with Crippen LogP contribution >= 0.6 is 0 Å². The van der Waals surface area contributed by atoms with Crippen molar-refractivity contribution in [2.75, 3.05) is 5.32 Å². The van der Waals surface area contributed by atoms with Gasteiger partial charge < -0.3 is 15.8 Å². The van der Waals surface area contributed by atoms with Crippen molar-refractivity contribution < 1.29 is 4.74 Å². The van der Waals surface area contributed by atoms with Crippen molar-refractivity contribution >= 4 is 11.5 Å². The summed E-state index contributed by atoms with van der Waals surface area (Å²) in [5, 5.41) is 10.7. The molecule has 0 spiro atoms. The second kappa shape index (κ2) is 9.83. The predicted octanol–water partition coefficient (Wildman–Crippen LogP) is 3.19. The lowest BCUT2D eigenvalue weighted by Crippen LogP contribution is -2.10. The third kappa shape index (κ3) is 5.62. The first-order chi connectivity index (χ1) is 12.7. The van der Waals surface area contributed by atoms with E-state index < -0.39 is 0 Å². The number of hydrazine groups is 1. The van der Waals surface area contributed by atoms with Crippen LogP contribution in [-0.4, -0.2) is 5.84 Å². The minimum Gasteiger partial charge on any atom is -0.457 e. The molecule has 0 unspecified atom stereocenters. The van der Waals surface area contributed by atoms with Crippen LogP contribution in [0.3, 0.4) is 0 Å². The minimum atomic E-state index is 0.0792. The molecule has 0 saturated carbocycles. The molecule has 0 aromatic heterocycles. The Hall–Kier alpha value is -3.35. The molecular weight excluding hydrogens is 326 g/mol. The fourth-order valence-electron chi connectivity index (χ4n) is 2.27. The van der Waals surface area contributed by atoms with Gasteiger partial charge in [0.2, 0.25) is 0 Å². The van der Waals surface area contributed by atoms with Gasteiger partial charge in [-0.3, -0.25) is 17.1 Å². The molecule has 26 heavy (non-hydrogen) atoms. The summed E-state index contributed by atoms with van der Waals surface area (Å²) in [7, 11) is 0. The van der Waals surface area contributed by atoms with E-state index in [4.69, 9.17) is 15.9 Å². The van der Waals surface area contributed by atoms with Gasteiger partial charge in [0.05, 0.1) is 0 Å². The number of anilines is 1.